The number of aliphatic hydroxyl groups is 1. The van der Waals surface area contributed by atoms with E-state index in [1.165, 1.54) is 18.2 Å². The number of halogens is 1. The van der Waals surface area contributed by atoms with Crippen LogP contribution >= 0.6 is 17.0 Å². The average molecular weight is 306 g/mol. The standard InChI is InChI=1S/C12H19NO3.BrH/c1-12(2,3)13-7-11(16)8-4-9(14)6-10(15)5-8;/h4-6,11,13-16H,7H2,1-3H3;1H. The fraction of sp³-hybridized carbons (Fsp3) is 0.500. The monoisotopic (exact) mass is 305 g/mol. The molecule has 5 heteroatoms. The lowest BCUT2D eigenvalue weighted by Gasteiger charge is -2.23. The summed E-state index contributed by atoms with van der Waals surface area (Å²) < 4.78 is 0. The van der Waals surface area contributed by atoms with Crippen LogP contribution in [0.1, 0.15) is 32.4 Å². The van der Waals surface area contributed by atoms with Gasteiger partial charge in [-0.1, -0.05) is 0 Å². The minimum Gasteiger partial charge on any atom is -0.508 e. The van der Waals surface area contributed by atoms with E-state index < -0.39 is 6.10 Å². The van der Waals surface area contributed by atoms with Gasteiger partial charge in [0.1, 0.15) is 11.5 Å². The number of hydrogen-bond acceptors (Lipinski definition) is 4. The third kappa shape index (κ3) is 5.91. The Morgan fingerprint density at radius 3 is 2.00 bits per heavy atom. The van der Waals surface area contributed by atoms with Gasteiger partial charge in [0.15, 0.2) is 0 Å². The summed E-state index contributed by atoms with van der Waals surface area (Å²) in [7, 11) is 0. The van der Waals surface area contributed by atoms with Crippen molar-refractivity contribution in [3.05, 3.63) is 23.8 Å². The number of benzene rings is 1. The van der Waals surface area contributed by atoms with Crippen LogP contribution in [0.5, 0.6) is 11.5 Å². The first-order chi connectivity index (χ1) is 7.28. The quantitative estimate of drug-likeness (QED) is 0.690. The first-order valence-corrected chi connectivity index (χ1v) is 5.24. The second kappa shape index (κ2) is 6.23. The maximum Gasteiger partial charge on any atom is 0.119 e. The first kappa shape index (κ1) is 16.2. The average Bonchev–Trinajstić information content (AvgIpc) is 2.11. The zero-order valence-corrected chi connectivity index (χ0v) is 12.0. The number of hydrogen-bond donors (Lipinski definition) is 4. The molecule has 1 rings (SSSR count). The topological polar surface area (TPSA) is 72.7 Å². The number of aliphatic hydroxyl groups excluding tert-OH is 1. The van der Waals surface area contributed by atoms with Crippen molar-refractivity contribution in [2.45, 2.75) is 32.4 Å². The number of phenolic OH excluding ortho intramolecular Hbond substituents is 2. The molecule has 0 heterocycles. The molecule has 0 aliphatic carbocycles. The summed E-state index contributed by atoms with van der Waals surface area (Å²) in [6, 6.07) is 4.11. The van der Waals surface area contributed by atoms with Crippen LogP contribution in [-0.4, -0.2) is 27.4 Å². The van der Waals surface area contributed by atoms with E-state index in [1.54, 1.807) is 0 Å². The van der Waals surface area contributed by atoms with Gasteiger partial charge >= 0.3 is 0 Å². The number of β-amino-alcohol motifs (C(OH)–C–C–N with tert-alkyl or cyclic N) is 1. The van der Waals surface area contributed by atoms with Crippen LogP contribution in [-0.2, 0) is 0 Å². The maximum atomic E-state index is 9.85. The lowest BCUT2D eigenvalue weighted by atomic mass is 10.1. The van der Waals surface area contributed by atoms with Crippen molar-refractivity contribution in [1.29, 1.82) is 0 Å². The molecule has 0 aliphatic rings. The summed E-state index contributed by atoms with van der Waals surface area (Å²) in [5, 5.41) is 31.6. The van der Waals surface area contributed by atoms with Crippen molar-refractivity contribution < 1.29 is 15.3 Å². The molecule has 0 saturated heterocycles. The van der Waals surface area contributed by atoms with Crippen LogP contribution in [0.15, 0.2) is 18.2 Å². The van der Waals surface area contributed by atoms with Crippen molar-refractivity contribution in [2.75, 3.05) is 6.54 Å². The molecule has 4 N–H and O–H groups in total. The summed E-state index contributed by atoms with van der Waals surface area (Å²) in [5.74, 6) is -0.102. The Balaban J connectivity index is 0.00000256. The molecule has 1 aromatic rings. The molecule has 0 amide bonds. The van der Waals surface area contributed by atoms with E-state index in [9.17, 15) is 15.3 Å². The highest BCUT2D eigenvalue weighted by molar-refractivity contribution is 8.93. The van der Waals surface area contributed by atoms with Crippen LogP contribution in [0.4, 0.5) is 0 Å². The van der Waals surface area contributed by atoms with E-state index in [0.717, 1.165) is 0 Å². The van der Waals surface area contributed by atoms with Crippen LogP contribution in [0.2, 0.25) is 0 Å². The summed E-state index contributed by atoms with van der Waals surface area (Å²) in [6.07, 6.45) is -0.753. The maximum absolute atomic E-state index is 9.85. The molecule has 0 aromatic heterocycles. The highest BCUT2D eigenvalue weighted by Crippen LogP contribution is 2.24. The largest absolute Gasteiger partial charge is 0.508 e. The van der Waals surface area contributed by atoms with Crippen LogP contribution < -0.4 is 5.32 Å². The van der Waals surface area contributed by atoms with Gasteiger partial charge in [0, 0.05) is 18.2 Å². The number of phenols is 2. The van der Waals surface area contributed by atoms with Gasteiger partial charge < -0.3 is 20.6 Å². The number of rotatable bonds is 3. The molecule has 0 bridgehead atoms. The molecule has 1 aromatic carbocycles. The molecule has 0 fully saturated rings. The third-order valence-electron chi connectivity index (χ3n) is 2.14. The van der Waals surface area contributed by atoms with Crippen molar-refractivity contribution in [3.63, 3.8) is 0 Å². The van der Waals surface area contributed by atoms with E-state index in [2.05, 4.69) is 5.32 Å². The zero-order valence-electron chi connectivity index (χ0n) is 10.3. The van der Waals surface area contributed by atoms with Crippen LogP contribution in [0.25, 0.3) is 0 Å². The van der Waals surface area contributed by atoms with Gasteiger partial charge in [0.2, 0.25) is 0 Å². The van der Waals surface area contributed by atoms with Gasteiger partial charge in [-0.2, -0.15) is 0 Å². The summed E-state index contributed by atoms with van der Waals surface area (Å²) in [6.45, 7) is 6.37. The molecule has 98 valence electrons. The lowest BCUT2D eigenvalue weighted by Crippen LogP contribution is -2.38. The smallest absolute Gasteiger partial charge is 0.119 e. The van der Waals surface area contributed by atoms with Gasteiger partial charge in [-0.25, -0.2) is 0 Å². The fourth-order valence-electron chi connectivity index (χ4n) is 1.33. The zero-order chi connectivity index (χ0) is 12.3. The molecule has 0 spiro atoms. The van der Waals surface area contributed by atoms with E-state index in [4.69, 9.17) is 0 Å². The second-order valence-corrected chi connectivity index (χ2v) is 4.93. The fourth-order valence-corrected chi connectivity index (χ4v) is 1.33. The van der Waals surface area contributed by atoms with Gasteiger partial charge in [-0.3, -0.25) is 0 Å². The Hall–Kier alpha value is -0.780. The molecule has 0 saturated carbocycles. The first-order valence-electron chi connectivity index (χ1n) is 5.24. The Morgan fingerprint density at radius 1 is 1.12 bits per heavy atom. The molecule has 17 heavy (non-hydrogen) atoms. The molecule has 0 aliphatic heterocycles. The Kier molecular flexibility index (Phi) is 5.95. The molecule has 0 radical (unpaired) electrons. The Labute approximate surface area is 112 Å². The molecule has 1 atom stereocenters. The predicted octanol–water partition coefficient (Wildman–Crippen LogP) is 2.10. The van der Waals surface area contributed by atoms with Crippen molar-refractivity contribution >= 4 is 17.0 Å². The molecule has 4 nitrogen and oxygen atoms in total. The van der Waals surface area contributed by atoms with E-state index in [-0.39, 0.29) is 34.0 Å². The molecule has 1 unspecified atom stereocenters. The van der Waals surface area contributed by atoms with Crippen LogP contribution in [0.3, 0.4) is 0 Å². The van der Waals surface area contributed by atoms with Crippen molar-refractivity contribution in [2.24, 2.45) is 0 Å². The van der Waals surface area contributed by atoms with Gasteiger partial charge in [0.05, 0.1) is 6.10 Å². The lowest BCUT2D eigenvalue weighted by molar-refractivity contribution is 0.162. The Bertz CT molecular complexity index is 343. The number of nitrogens with one attached hydrogen (secondary N) is 1. The van der Waals surface area contributed by atoms with Crippen LogP contribution in [0, 0.1) is 0 Å². The molecular weight excluding hydrogens is 286 g/mol. The van der Waals surface area contributed by atoms with E-state index in [0.29, 0.717) is 12.1 Å². The highest BCUT2D eigenvalue weighted by Gasteiger charge is 2.14. The van der Waals surface area contributed by atoms with E-state index >= 15 is 0 Å². The number of aromatic hydroxyl groups is 2. The normalized spacial score (nSPS) is 12.9. The van der Waals surface area contributed by atoms with Gasteiger partial charge in [-0.15, -0.1) is 17.0 Å². The van der Waals surface area contributed by atoms with Crippen molar-refractivity contribution in [1.82, 2.24) is 5.32 Å². The predicted molar refractivity (Wildman–Crippen MR) is 72.8 cm³/mol. The SMILES string of the molecule is Br.CC(C)(C)NCC(O)c1cc(O)cc(O)c1. The van der Waals surface area contributed by atoms with Gasteiger partial charge in [0.25, 0.3) is 0 Å². The van der Waals surface area contributed by atoms with Crippen molar-refractivity contribution in [3.8, 4) is 11.5 Å². The molecular formula is C12H20BrNO3. The third-order valence-corrected chi connectivity index (χ3v) is 2.14. The summed E-state index contributed by atoms with van der Waals surface area (Å²) in [5.41, 5.74) is 0.411. The summed E-state index contributed by atoms with van der Waals surface area (Å²) >= 11 is 0. The summed E-state index contributed by atoms with van der Waals surface area (Å²) in [4.78, 5) is 0. The highest BCUT2D eigenvalue weighted by atomic mass is 79.9. The minimum absolute atomic E-state index is 0. The Morgan fingerprint density at radius 2 is 1.59 bits per heavy atom. The van der Waals surface area contributed by atoms with E-state index in [1.807, 2.05) is 20.8 Å². The van der Waals surface area contributed by atoms with Gasteiger partial charge in [-0.05, 0) is 38.5 Å². The minimum atomic E-state index is -0.753. The second-order valence-electron chi connectivity index (χ2n) is 4.93.